The van der Waals surface area contributed by atoms with Crippen molar-refractivity contribution in [2.45, 2.75) is 32.7 Å². The Hall–Kier alpha value is -2.73. The van der Waals surface area contributed by atoms with E-state index >= 15 is 0 Å². The van der Waals surface area contributed by atoms with E-state index in [1.165, 1.54) is 5.56 Å². The van der Waals surface area contributed by atoms with Gasteiger partial charge in [0.05, 0.1) is 6.61 Å². The molecule has 0 aliphatic carbocycles. The molecule has 0 spiro atoms. The molecule has 160 valence electrons. The third kappa shape index (κ3) is 6.39. The van der Waals surface area contributed by atoms with Crippen LogP contribution in [0.5, 0.6) is 0 Å². The number of likely N-dealkylation sites (tertiary alicyclic amines) is 1. The Kier molecular flexibility index (Phi) is 7.97. The average Bonchev–Trinajstić information content (AvgIpc) is 2.78. The van der Waals surface area contributed by atoms with Gasteiger partial charge in [-0.05, 0) is 54.5 Å². The Morgan fingerprint density at radius 2 is 1.80 bits per heavy atom. The monoisotopic (exact) mass is 429 g/mol. The first kappa shape index (κ1) is 22.0. The van der Waals surface area contributed by atoms with E-state index in [2.05, 4.69) is 17.6 Å². The van der Waals surface area contributed by atoms with Crippen LogP contribution in [0.25, 0.3) is 0 Å². The zero-order chi connectivity index (χ0) is 21.3. The maximum Gasteiger partial charge on any atom is 0.411 e. The summed E-state index contributed by atoms with van der Waals surface area (Å²) in [6.07, 6.45) is 2.12. The Bertz CT molecular complexity index is 849. The van der Waals surface area contributed by atoms with Crippen LogP contribution in [0.15, 0.2) is 48.5 Å². The quantitative estimate of drug-likeness (QED) is 0.673. The lowest BCUT2D eigenvalue weighted by molar-refractivity contribution is 0.110. The molecule has 0 atom stereocenters. The van der Waals surface area contributed by atoms with Gasteiger partial charge in [-0.3, -0.25) is 5.32 Å². The fourth-order valence-electron chi connectivity index (χ4n) is 3.40. The lowest BCUT2D eigenvalue weighted by atomic mass is 9.98. The number of carbonyl (C=O) groups excluding carboxylic acids is 2. The molecule has 0 radical (unpaired) electrons. The van der Waals surface area contributed by atoms with Crippen molar-refractivity contribution in [3.8, 4) is 0 Å². The highest BCUT2D eigenvalue weighted by Crippen LogP contribution is 2.19. The Balaban J connectivity index is 1.35. The standard InChI is InChI=1S/C23H28ClN3O3/c1-2-17-7-9-20(10-8-17)26-23(29)30-16-18-11-13-27(14-12-18)22(28)25-15-19-5-3-4-6-21(19)24/h3-10,18H,2,11-16H2,1H3,(H,25,28)(H,26,29). The number of hydrogen-bond donors (Lipinski definition) is 2. The predicted molar refractivity (Wildman–Crippen MR) is 119 cm³/mol. The highest BCUT2D eigenvalue weighted by molar-refractivity contribution is 6.31. The highest BCUT2D eigenvalue weighted by atomic mass is 35.5. The lowest BCUT2D eigenvalue weighted by Crippen LogP contribution is -2.44. The summed E-state index contributed by atoms with van der Waals surface area (Å²) in [5.41, 5.74) is 2.84. The minimum absolute atomic E-state index is 0.0949. The summed E-state index contributed by atoms with van der Waals surface area (Å²) in [4.78, 5) is 26.2. The first-order valence-corrected chi connectivity index (χ1v) is 10.7. The molecule has 0 unspecified atom stereocenters. The van der Waals surface area contributed by atoms with Gasteiger partial charge in [0.15, 0.2) is 0 Å². The summed E-state index contributed by atoms with van der Waals surface area (Å²) < 4.78 is 5.37. The third-order valence-electron chi connectivity index (χ3n) is 5.35. The van der Waals surface area contributed by atoms with Gasteiger partial charge in [-0.2, -0.15) is 0 Å². The Labute approximate surface area is 182 Å². The Morgan fingerprint density at radius 3 is 2.47 bits per heavy atom. The fraction of sp³-hybridized carbons (Fsp3) is 0.391. The van der Waals surface area contributed by atoms with Crippen molar-refractivity contribution >= 4 is 29.4 Å². The van der Waals surface area contributed by atoms with Gasteiger partial charge in [0.2, 0.25) is 0 Å². The number of benzene rings is 2. The molecule has 0 saturated carbocycles. The molecule has 2 N–H and O–H groups in total. The molecule has 0 bridgehead atoms. The van der Waals surface area contributed by atoms with Crippen molar-refractivity contribution in [3.05, 3.63) is 64.7 Å². The topological polar surface area (TPSA) is 70.7 Å². The van der Waals surface area contributed by atoms with E-state index in [1.54, 1.807) is 4.90 Å². The number of halogens is 1. The van der Waals surface area contributed by atoms with Crippen LogP contribution in [0, 0.1) is 5.92 Å². The number of nitrogens with one attached hydrogen (secondary N) is 2. The van der Waals surface area contributed by atoms with Crippen molar-refractivity contribution in [2.24, 2.45) is 5.92 Å². The molecule has 30 heavy (non-hydrogen) atoms. The van der Waals surface area contributed by atoms with Gasteiger partial charge in [-0.1, -0.05) is 48.9 Å². The number of urea groups is 1. The van der Waals surface area contributed by atoms with Crippen LogP contribution < -0.4 is 10.6 Å². The van der Waals surface area contributed by atoms with Gasteiger partial charge in [0.1, 0.15) is 0 Å². The van der Waals surface area contributed by atoms with Crippen LogP contribution >= 0.6 is 11.6 Å². The number of carbonyl (C=O) groups is 2. The highest BCUT2D eigenvalue weighted by Gasteiger charge is 2.23. The maximum atomic E-state index is 12.4. The summed E-state index contributed by atoms with van der Waals surface area (Å²) in [6, 6.07) is 15.1. The molecule has 7 heteroatoms. The fourth-order valence-corrected chi connectivity index (χ4v) is 3.60. The number of hydrogen-bond acceptors (Lipinski definition) is 3. The van der Waals surface area contributed by atoms with E-state index in [4.69, 9.17) is 16.3 Å². The van der Waals surface area contributed by atoms with E-state index in [-0.39, 0.29) is 11.9 Å². The van der Waals surface area contributed by atoms with Gasteiger partial charge in [0, 0.05) is 30.3 Å². The number of ether oxygens (including phenoxy) is 1. The molecule has 1 saturated heterocycles. The second kappa shape index (κ2) is 10.9. The van der Waals surface area contributed by atoms with Crippen molar-refractivity contribution in [2.75, 3.05) is 25.0 Å². The Morgan fingerprint density at radius 1 is 1.10 bits per heavy atom. The van der Waals surface area contributed by atoms with Crippen LogP contribution in [-0.4, -0.2) is 36.7 Å². The minimum Gasteiger partial charge on any atom is -0.449 e. The largest absolute Gasteiger partial charge is 0.449 e. The second-order valence-electron chi connectivity index (χ2n) is 7.45. The van der Waals surface area contributed by atoms with E-state index in [1.807, 2.05) is 48.5 Å². The van der Waals surface area contributed by atoms with Gasteiger partial charge in [-0.25, -0.2) is 9.59 Å². The molecular weight excluding hydrogens is 402 g/mol. The molecule has 2 aromatic rings. The van der Waals surface area contributed by atoms with Crippen molar-refractivity contribution in [1.29, 1.82) is 0 Å². The van der Waals surface area contributed by atoms with Crippen molar-refractivity contribution < 1.29 is 14.3 Å². The van der Waals surface area contributed by atoms with E-state index in [0.29, 0.717) is 31.3 Å². The average molecular weight is 430 g/mol. The molecule has 1 fully saturated rings. The molecule has 6 nitrogen and oxygen atoms in total. The van der Waals surface area contributed by atoms with Crippen molar-refractivity contribution in [1.82, 2.24) is 10.2 Å². The van der Waals surface area contributed by atoms with Gasteiger partial charge in [-0.15, -0.1) is 0 Å². The smallest absolute Gasteiger partial charge is 0.411 e. The van der Waals surface area contributed by atoms with Gasteiger partial charge < -0.3 is 15.0 Å². The first-order valence-electron chi connectivity index (χ1n) is 10.3. The molecule has 1 aliphatic heterocycles. The van der Waals surface area contributed by atoms with E-state index < -0.39 is 6.09 Å². The van der Waals surface area contributed by atoms with Crippen LogP contribution in [0.3, 0.4) is 0 Å². The molecule has 1 heterocycles. The number of nitrogens with zero attached hydrogens (tertiary/aromatic N) is 1. The molecule has 0 aromatic heterocycles. The number of aryl methyl sites for hydroxylation is 1. The molecule has 2 aromatic carbocycles. The first-order chi connectivity index (χ1) is 14.5. The molecule has 3 amide bonds. The summed E-state index contributed by atoms with van der Waals surface area (Å²) in [6.45, 7) is 4.13. The zero-order valence-corrected chi connectivity index (χ0v) is 18.0. The predicted octanol–water partition coefficient (Wildman–Crippen LogP) is 5.07. The lowest BCUT2D eigenvalue weighted by Gasteiger charge is -2.31. The summed E-state index contributed by atoms with van der Waals surface area (Å²) in [5, 5.41) is 6.31. The third-order valence-corrected chi connectivity index (χ3v) is 5.72. The zero-order valence-electron chi connectivity index (χ0n) is 17.2. The van der Waals surface area contributed by atoms with Crippen LogP contribution in [0.4, 0.5) is 15.3 Å². The normalized spacial score (nSPS) is 14.3. The van der Waals surface area contributed by atoms with Gasteiger partial charge in [0.25, 0.3) is 0 Å². The maximum absolute atomic E-state index is 12.4. The van der Waals surface area contributed by atoms with Crippen LogP contribution in [0.2, 0.25) is 5.02 Å². The SMILES string of the molecule is CCc1ccc(NC(=O)OCC2CCN(C(=O)NCc3ccccc3Cl)CC2)cc1. The molecule has 3 rings (SSSR count). The molecule has 1 aliphatic rings. The van der Waals surface area contributed by atoms with Crippen LogP contribution in [0.1, 0.15) is 30.9 Å². The summed E-state index contributed by atoms with van der Waals surface area (Å²) >= 11 is 6.13. The number of anilines is 1. The van der Waals surface area contributed by atoms with Gasteiger partial charge >= 0.3 is 12.1 Å². The number of piperidine rings is 1. The second-order valence-corrected chi connectivity index (χ2v) is 7.86. The summed E-state index contributed by atoms with van der Waals surface area (Å²) in [7, 11) is 0. The van der Waals surface area contributed by atoms with Crippen molar-refractivity contribution in [3.63, 3.8) is 0 Å². The van der Waals surface area contributed by atoms with Crippen LogP contribution in [-0.2, 0) is 17.7 Å². The molecular formula is C23H28ClN3O3. The minimum atomic E-state index is -0.445. The van der Waals surface area contributed by atoms with E-state index in [9.17, 15) is 9.59 Å². The summed E-state index contributed by atoms with van der Waals surface area (Å²) in [5.74, 6) is 0.255. The number of amides is 3. The van der Waals surface area contributed by atoms with E-state index in [0.717, 1.165) is 30.5 Å². The number of rotatable bonds is 6.